The average molecular weight is 699 g/mol. The van der Waals surface area contributed by atoms with Crippen molar-refractivity contribution < 1.29 is 24.2 Å². The number of hydrogen-bond donors (Lipinski definition) is 4. The van der Waals surface area contributed by atoms with E-state index in [1.54, 1.807) is 0 Å². The fraction of sp³-hybridized carbons (Fsp3) is 0.475. The van der Waals surface area contributed by atoms with Gasteiger partial charge in [-0.2, -0.15) is 0 Å². The molecule has 3 aromatic rings. The number of ether oxygens (including phenoxy) is 1. The second-order valence-corrected chi connectivity index (χ2v) is 12.6. The van der Waals surface area contributed by atoms with Gasteiger partial charge in [-0.1, -0.05) is 76.5 Å². The smallest absolute Gasteiger partial charge is 0.407 e. The minimum absolute atomic E-state index is 0.0593. The van der Waals surface area contributed by atoms with Crippen molar-refractivity contribution in [3.63, 3.8) is 0 Å². The summed E-state index contributed by atoms with van der Waals surface area (Å²) >= 11 is 0. The van der Waals surface area contributed by atoms with E-state index in [4.69, 9.17) is 21.1 Å². The van der Waals surface area contributed by atoms with Gasteiger partial charge in [-0.25, -0.2) is 14.8 Å². The first-order valence-corrected chi connectivity index (χ1v) is 17.6. The highest BCUT2D eigenvalue weighted by atomic mass is 16.5. The predicted octanol–water partition coefficient (Wildman–Crippen LogP) is 7.21. The molecule has 1 saturated carbocycles. The van der Waals surface area contributed by atoms with Gasteiger partial charge in [-0.3, -0.25) is 9.59 Å². The van der Waals surface area contributed by atoms with Gasteiger partial charge >= 0.3 is 6.09 Å². The molecule has 0 bridgehead atoms. The number of imidazole rings is 2. The number of carbonyl (C=O) groups excluding carboxylic acids is 2. The number of terminal acetylenes is 2. The number of nitrogens with zero attached hydrogens (tertiary/aromatic N) is 3. The van der Waals surface area contributed by atoms with Crippen LogP contribution in [0.3, 0.4) is 0 Å². The maximum Gasteiger partial charge on any atom is 0.407 e. The second kappa shape index (κ2) is 23.2. The Labute approximate surface area is 303 Å². The van der Waals surface area contributed by atoms with Gasteiger partial charge in [0.25, 0.3) is 6.47 Å². The number of rotatable bonds is 10. The van der Waals surface area contributed by atoms with Gasteiger partial charge in [0.15, 0.2) is 0 Å². The number of amides is 2. The lowest BCUT2D eigenvalue weighted by molar-refractivity contribution is -0.135. The van der Waals surface area contributed by atoms with Crippen LogP contribution in [0, 0.1) is 31.1 Å². The van der Waals surface area contributed by atoms with Crippen LogP contribution in [0.5, 0.6) is 0 Å². The molecule has 5 rings (SSSR count). The largest absolute Gasteiger partial charge is 0.483 e. The molecule has 1 aliphatic heterocycles. The van der Waals surface area contributed by atoms with Crippen molar-refractivity contribution in [2.45, 2.75) is 103 Å². The summed E-state index contributed by atoms with van der Waals surface area (Å²) in [7, 11) is 1.30. The molecule has 2 unspecified atom stereocenters. The van der Waals surface area contributed by atoms with Crippen LogP contribution in [0.4, 0.5) is 4.79 Å². The zero-order valence-electron chi connectivity index (χ0n) is 30.4. The zero-order chi connectivity index (χ0) is 37.6. The van der Waals surface area contributed by atoms with Crippen molar-refractivity contribution in [1.29, 1.82) is 0 Å². The number of aromatic amines is 2. The standard InChI is InChI=1S/C33H44N6O3.C4H6.C2H2.CH2O2/c1-22(2)29(38-33(41)42-3)32(40)39-19-9-14-28(39)31-34-20-26(36-31)13-8-7-10-23-15-17-24(18-16-23)27-21-35-30(37-27)25-11-5-4-6-12-25;1-3-4-2;1-2;2-1-3/h7-8,15-18,20-22,25,28-29H,4-6,9-14,19H2,1-3H3,(H,34,36)(H,35,37)(H,38,41);1H,4H2,2H3;1-2H;1H,(H,2,3)/b8-7-;;;. The molecular weight excluding hydrogens is 644 g/mol. The van der Waals surface area contributed by atoms with Gasteiger partial charge in [0.1, 0.15) is 17.7 Å². The molecule has 3 heterocycles. The van der Waals surface area contributed by atoms with Crippen molar-refractivity contribution in [2.75, 3.05) is 13.7 Å². The predicted molar refractivity (Wildman–Crippen MR) is 201 cm³/mol. The van der Waals surface area contributed by atoms with E-state index in [1.807, 2.05) is 38.1 Å². The van der Waals surface area contributed by atoms with Gasteiger partial charge in [0.2, 0.25) is 5.91 Å². The van der Waals surface area contributed by atoms with Gasteiger partial charge in [0.05, 0.1) is 25.0 Å². The van der Waals surface area contributed by atoms with Crippen molar-refractivity contribution in [3.05, 3.63) is 71.7 Å². The summed E-state index contributed by atoms with van der Waals surface area (Å²) in [6, 6.07) is 7.94. The number of carbonyl (C=O) groups is 3. The summed E-state index contributed by atoms with van der Waals surface area (Å²) in [4.78, 5) is 51.6. The third-order valence-corrected chi connectivity index (χ3v) is 8.81. The number of alkyl carbamates (subject to hydrolysis) is 1. The third-order valence-electron chi connectivity index (χ3n) is 8.81. The molecule has 11 heteroatoms. The molecular formula is C40H54N6O5. The highest BCUT2D eigenvalue weighted by molar-refractivity contribution is 5.86. The zero-order valence-corrected chi connectivity index (χ0v) is 30.4. The van der Waals surface area contributed by atoms with Crippen LogP contribution >= 0.6 is 0 Å². The van der Waals surface area contributed by atoms with Crippen molar-refractivity contribution in [1.82, 2.24) is 30.2 Å². The van der Waals surface area contributed by atoms with E-state index in [0.29, 0.717) is 12.5 Å². The Morgan fingerprint density at radius 3 is 2.25 bits per heavy atom. The number of hydrogen-bond acceptors (Lipinski definition) is 6. The number of aromatic nitrogens is 4. The SMILES string of the molecule is C#C.C#CCC.COC(=O)NC(C(=O)N1CCCC1c1ncc(C/C=C\Cc2ccc(-c3cnc(C4CCCCC4)[nH]3)cc2)[nH]1)C(C)C.O=CO. The molecule has 1 aromatic carbocycles. The van der Waals surface area contributed by atoms with Gasteiger partial charge in [-0.15, -0.1) is 25.2 Å². The Morgan fingerprint density at radius 2 is 1.65 bits per heavy atom. The van der Waals surface area contributed by atoms with Crippen molar-refractivity contribution >= 4 is 18.5 Å². The number of H-pyrrole nitrogens is 2. The Kier molecular flexibility index (Phi) is 19.0. The van der Waals surface area contributed by atoms with E-state index < -0.39 is 12.1 Å². The molecule has 51 heavy (non-hydrogen) atoms. The van der Waals surface area contributed by atoms with E-state index in [-0.39, 0.29) is 24.3 Å². The highest BCUT2D eigenvalue weighted by Crippen LogP contribution is 2.33. The average Bonchev–Trinajstić information content (AvgIpc) is 3.96. The van der Waals surface area contributed by atoms with Gasteiger partial charge in [0, 0.05) is 37.2 Å². The summed E-state index contributed by atoms with van der Waals surface area (Å²) in [5.41, 5.74) is 4.53. The molecule has 2 fully saturated rings. The normalized spacial score (nSPS) is 16.0. The first-order valence-electron chi connectivity index (χ1n) is 17.6. The lowest BCUT2D eigenvalue weighted by Gasteiger charge is -2.30. The van der Waals surface area contributed by atoms with Crippen LogP contribution in [0.25, 0.3) is 11.3 Å². The van der Waals surface area contributed by atoms with Crippen LogP contribution in [-0.2, 0) is 27.2 Å². The molecule has 2 aliphatic rings. The maximum atomic E-state index is 13.3. The molecule has 1 aliphatic carbocycles. The summed E-state index contributed by atoms with van der Waals surface area (Å²) in [5.74, 6) is 4.79. The minimum atomic E-state index is -0.636. The molecule has 274 valence electrons. The van der Waals surface area contributed by atoms with Crippen LogP contribution < -0.4 is 5.32 Å². The quantitative estimate of drug-likeness (QED) is 0.0991. The number of likely N-dealkylation sites (tertiary alicyclic amines) is 1. The number of carboxylic acid groups (broad SMARTS) is 1. The lowest BCUT2D eigenvalue weighted by atomic mass is 9.89. The van der Waals surface area contributed by atoms with Crippen LogP contribution in [0.2, 0.25) is 0 Å². The Balaban J connectivity index is 0.000000908. The molecule has 2 amide bonds. The Bertz CT molecular complexity index is 1560. The molecule has 2 aromatic heterocycles. The second-order valence-electron chi connectivity index (χ2n) is 12.6. The van der Waals surface area contributed by atoms with E-state index in [1.165, 1.54) is 50.3 Å². The summed E-state index contributed by atoms with van der Waals surface area (Å²) in [6.45, 7) is 6.18. The van der Waals surface area contributed by atoms with Gasteiger partial charge in [-0.05, 0) is 49.1 Å². The minimum Gasteiger partial charge on any atom is -0.483 e. The van der Waals surface area contributed by atoms with Crippen LogP contribution in [0.1, 0.15) is 107 Å². The van der Waals surface area contributed by atoms with E-state index in [9.17, 15) is 9.59 Å². The maximum absolute atomic E-state index is 13.3. The van der Waals surface area contributed by atoms with Gasteiger partial charge < -0.3 is 30.0 Å². The lowest BCUT2D eigenvalue weighted by Crippen LogP contribution is -2.51. The summed E-state index contributed by atoms with van der Waals surface area (Å²) in [5, 5.41) is 9.58. The van der Waals surface area contributed by atoms with E-state index in [2.05, 4.69) is 80.4 Å². The molecule has 11 nitrogen and oxygen atoms in total. The number of methoxy groups -OCH3 is 1. The Hall–Kier alpha value is -5.29. The Morgan fingerprint density at radius 1 is 1.02 bits per heavy atom. The number of benzene rings is 1. The number of allylic oxidation sites excluding steroid dienone is 2. The van der Waals surface area contributed by atoms with Crippen LogP contribution in [-0.4, -0.2) is 68.1 Å². The monoisotopic (exact) mass is 698 g/mol. The van der Waals surface area contributed by atoms with Crippen molar-refractivity contribution in [2.24, 2.45) is 5.92 Å². The summed E-state index contributed by atoms with van der Waals surface area (Å²) in [6.07, 6.45) is 31.0. The molecule has 2 atom stereocenters. The fourth-order valence-corrected chi connectivity index (χ4v) is 6.16. The molecule has 4 N–H and O–H groups in total. The van der Waals surface area contributed by atoms with E-state index in [0.717, 1.165) is 55.1 Å². The fourth-order valence-electron chi connectivity index (χ4n) is 6.16. The molecule has 0 radical (unpaired) electrons. The first-order chi connectivity index (χ1) is 24.8. The third kappa shape index (κ3) is 13.2. The van der Waals surface area contributed by atoms with E-state index >= 15 is 0 Å². The molecule has 0 spiro atoms. The highest BCUT2D eigenvalue weighted by Gasteiger charge is 2.37. The van der Waals surface area contributed by atoms with Crippen molar-refractivity contribution in [3.8, 4) is 36.4 Å². The first kappa shape index (κ1) is 41.9. The number of nitrogens with one attached hydrogen (secondary N) is 3. The summed E-state index contributed by atoms with van der Waals surface area (Å²) < 4.78 is 4.73. The van der Waals surface area contributed by atoms with Crippen LogP contribution in [0.15, 0.2) is 48.8 Å². The molecule has 1 saturated heterocycles. The topological polar surface area (TPSA) is 153 Å².